The van der Waals surface area contributed by atoms with E-state index in [1.807, 2.05) is 0 Å². The smallest absolute Gasteiger partial charge is 0.337 e. The van der Waals surface area contributed by atoms with Crippen molar-refractivity contribution in [2.75, 3.05) is 12.4 Å². The maximum Gasteiger partial charge on any atom is 0.337 e. The Hall–Kier alpha value is -1.75. The summed E-state index contributed by atoms with van der Waals surface area (Å²) in [6.07, 6.45) is 0.663. The van der Waals surface area contributed by atoms with Crippen LogP contribution in [0.2, 0.25) is 15.1 Å². The lowest BCUT2D eigenvalue weighted by Crippen LogP contribution is -2.13. The first-order valence-corrected chi connectivity index (χ1v) is 8.15. The lowest BCUT2D eigenvalue weighted by Gasteiger charge is -2.09. The first-order valence-electron chi connectivity index (χ1n) is 7.02. The Morgan fingerprint density at radius 3 is 2.46 bits per heavy atom. The third-order valence-electron chi connectivity index (χ3n) is 3.30. The Balaban J connectivity index is 2.03. The third kappa shape index (κ3) is 4.87. The molecule has 0 atom stereocenters. The molecule has 0 heterocycles. The highest BCUT2D eigenvalue weighted by Crippen LogP contribution is 2.25. The van der Waals surface area contributed by atoms with Crippen molar-refractivity contribution in [1.82, 2.24) is 0 Å². The van der Waals surface area contributed by atoms with Crippen LogP contribution in [-0.2, 0) is 16.0 Å². The lowest BCUT2D eigenvalue weighted by molar-refractivity contribution is -0.116. The summed E-state index contributed by atoms with van der Waals surface area (Å²) in [5.74, 6) is -0.750. The largest absolute Gasteiger partial charge is 0.465 e. The summed E-state index contributed by atoms with van der Waals surface area (Å²) in [6, 6.07) is 9.66. The Labute approximate surface area is 154 Å². The molecule has 0 unspecified atom stereocenters. The molecule has 0 aliphatic rings. The van der Waals surface area contributed by atoms with Gasteiger partial charge in [-0.25, -0.2) is 4.79 Å². The topological polar surface area (TPSA) is 55.4 Å². The molecule has 24 heavy (non-hydrogen) atoms. The van der Waals surface area contributed by atoms with Crippen molar-refractivity contribution in [3.63, 3.8) is 0 Å². The number of ether oxygens (including phenoxy) is 1. The van der Waals surface area contributed by atoms with E-state index in [1.54, 1.807) is 18.2 Å². The van der Waals surface area contributed by atoms with Gasteiger partial charge in [-0.15, -0.1) is 0 Å². The van der Waals surface area contributed by atoms with E-state index in [0.29, 0.717) is 32.7 Å². The van der Waals surface area contributed by atoms with Crippen molar-refractivity contribution in [3.05, 3.63) is 62.6 Å². The predicted molar refractivity (Wildman–Crippen MR) is 96.2 cm³/mol. The number of hydrogen-bond donors (Lipinski definition) is 1. The van der Waals surface area contributed by atoms with Gasteiger partial charge in [0.1, 0.15) is 0 Å². The number of esters is 1. The first-order chi connectivity index (χ1) is 11.4. The number of aryl methyl sites for hydroxylation is 1. The summed E-state index contributed by atoms with van der Waals surface area (Å²) >= 11 is 18.0. The summed E-state index contributed by atoms with van der Waals surface area (Å²) in [4.78, 5) is 23.6. The van der Waals surface area contributed by atoms with Gasteiger partial charge in [0.25, 0.3) is 0 Å². The van der Waals surface area contributed by atoms with Crippen LogP contribution < -0.4 is 5.32 Å². The van der Waals surface area contributed by atoms with Crippen molar-refractivity contribution in [2.24, 2.45) is 0 Å². The normalized spacial score (nSPS) is 10.3. The van der Waals surface area contributed by atoms with Gasteiger partial charge < -0.3 is 10.1 Å². The van der Waals surface area contributed by atoms with Crippen molar-refractivity contribution in [3.8, 4) is 0 Å². The maximum atomic E-state index is 12.1. The molecule has 0 spiro atoms. The van der Waals surface area contributed by atoms with Gasteiger partial charge in [0.05, 0.1) is 23.4 Å². The van der Waals surface area contributed by atoms with Crippen LogP contribution in [0.1, 0.15) is 22.3 Å². The van der Waals surface area contributed by atoms with Gasteiger partial charge in [-0.2, -0.15) is 0 Å². The van der Waals surface area contributed by atoms with E-state index in [2.05, 4.69) is 10.1 Å². The number of anilines is 1. The fourth-order valence-corrected chi connectivity index (χ4v) is 2.72. The molecule has 1 N–H and O–H groups in total. The number of rotatable bonds is 5. The van der Waals surface area contributed by atoms with Gasteiger partial charge in [-0.05, 0) is 42.3 Å². The second-order valence-corrected chi connectivity index (χ2v) is 6.22. The molecule has 126 valence electrons. The molecule has 0 aliphatic heterocycles. The number of hydrogen-bond acceptors (Lipinski definition) is 3. The van der Waals surface area contributed by atoms with E-state index >= 15 is 0 Å². The van der Waals surface area contributed by atoms with Gasteiger partial charge in [-0.1, -0.05) is 40.9 Å². The van der Waals surface area contributed by atoms with Gasteiger partial charge >= 0.3 is 5.97 Å². The predicted octanol–water partition coefficient (Wildman–Crippen LogP) is 5.00. The molecule has 2 rings (SSSR count). The average Bonchev–Trinajstić information content (AvgIpc) is 2.55. The molecule has 2 aromatic carbocycles. The fraction of sp³-hybridized carbons (Fsp3) is 0.176. The zero-order valence-corrected chi connectivity index (χ0v) is 15.0. The highest BCUT2D eigenvalue weighted by Gasteiger charge is 2.12. The SMILES string of the molecule is COC(=O)c1ccc(Cl)c(NC(=O)CCc2ccc(Cl)cc2Cl)c1. The van der Waals surface area contributed by atoms with Gasteiger partial charge in [-0.3, -0.25) is 4.79 Å². The van der Waals surface area contributed by atoms with E-state index in [0.717, 1.165) is 5.56 Å². The molecule has 7 heteroatoms. The van der Waals surface area contributed by atoms with E-state index in [4.69, 9.17) is 34.8 Å². The zero-order valence-electron chi connectivity index (χ0n) is 12.7. The number of amides is 1. The molecular formula is C17H14Cl3NO3. The van der Waals surface area contributed by atoms with E-state index < -0.39 is 5.97 Å². The van der Waals surface area contributed by atoms with Gasteiger partial charge in [0.2, 0.25) is 5.91 Å². The van der Waals surface area contributed by atoms with Crippen LogP contribution >= 0.6 is 34.8 Å². The zero-order chi connectivity index (χ0) is 17.7. The van der Waals surface area contributed by atoms with Crippen LogP contribution in [0.15, 0.2) is 36.4 Å². The molecular weight excluding hydrogens is 373 g/mol. The fourth-order valence-electron chi connectivity index (χ4n) is 2.05. The molecule has 0 fully saturated rings. The number of carbonyl (C=O) groups is 2. The average molecular weight is 387 g/mol. The van der Waals surface area contributed by atoms with E-state index in [9.17, 15) is 9.59 Å². The van der Waals surface area contributed by atoms with Gasteiger partial charge in [0.15, 0.2) is 0 Å². The van der Waals surface area contributed by atoms with Crippen molar-refractivity contribution in [2.45, 2.75) is 12.8 Å². The Morgan fingerprint density at radius 2 is 1.79 bits per heavy atom. The molecule has 2 aromatic rings. The first kappa shape index (κ1) is 18.6. The highest BCUT2D eigenvalue weighted by molar-refractivity contribution is 6.35. The Morgan fingerprint density at radius 1 is 1.04 bits per heavy atom. The third-order valence-corrected chi connectivity index (χ3v) is 4.21. The molecule has 0 saturated heterocycles. The van der Waals surface area contributed by atoms with Crippen LogP contribution in [0.4, 0.5) is 5.69 Å². The van der Waals surface area contributed by atoms with E-state index in [-0.39, 0.29) is 12.3 Å². The van der Waals surface area contributed by atoms with E-state index in [1.165, 1.54) is 25.3 Å². The molecule has 0 aromatic heterocycles. The van der Waals surface area contributed by atoms with Crippen molar-refractivity contribution >= 4 is 52.4 Å². The molecule has 4 nitrogen and oxygen atoms in total. The standard InChI is InChI=1S/C17H14Cl3NO3/c1-24-17(23)11-3-6-13(19)15(8-11)21-16(22)7-4-10-2-5-12(18)9-14(10)20/h2-3,5-6,8-9H,4,7H2,1H3,(H,21,22). The Kier molecular flexibility index (Phi) is 6.49. The van der Waals surface area contributed by atoms with Crippen LogP contribution in [0.3, 0.4) is 0 Å². The second kappa shape index (κ2) is 8.38. The molecule has 0 aliphatic carbocycles. The molecule has 1 amide bonds. The number of benzene rings is 2. The number of methoxy groups -OCH3 is 1. The summed E-state index contributed by atoms with van der Waals surface area (Å²) in [7, 11) is 1.28. The highest BCUT2D eigenvalue weighted by atomic mass is 35.5. The van der Waals surface area contributed by atoms with Crippen molar-refractivity contribution < 1.29 is 14.3 Å². The minimum Gasteiger partial charge on any atom is -0.465 e. The van der Waals surface area contributed by atoms with Crippen LogP contribution in [0.25, 0.3) is 0 Å². The van der Waals surface area contributed by atoms with Crippen LogP contribution in [0.5, 0.6) is 0 Å². The monoisotopic (exact) mass is 385 g/mol. The lowest BCUT2D eigenvalue weighted by atomic mass is 10.1. The maximum absolute atomic E-state index is 12.1. The minimum absolute atomic E-state index is 0.208. The molecule has 0 saturated carbocycles. The van der Waals surface area contributed by atoms with Crippen LogP contribution in [0, 0.1) is 0 Å². The summed E-state index contributed by atoms with van der Waals surface area (Å²) in [5.41, 5.74) is 1.48. The quantitative estimate of drug-likeness (QED) is 0.735. The van der Waals surface area contributed by atoms with Crippen molar-refractivity contribution in [1.29, 1.82) is 0 Å². The molecule has 0 bridgehead atoms. The number of carbonyl (C=O) groups excluding carboxylic acids is 2. The second-order valence-electron chi connectivity index (χ2n) is 4.97. The van der Waals surface area contributed by atoms with Gasteiger partial charge in [0, 0.05) is 16.5 Å². The molecule has 0 radical (unpaired) electrons. The minimum atomic E-state index is -0.505. The summed E-state index contributed by atoms with van der Waals surface area (Å²) in [5, 5.41) is 4.07. The summed E-state index contributed by atoms with van der Waals surface area (Å²) in [6.45, 7) is 0. The Bertz CT molecular complexity index is 778. The number of halogens is 3. The number of nitrogens with one attached hydrogen (secondary N) is 1. The van der Waals surface area contributed by atoms with Crippen LogP contribution in [-0.4, -0.2) is 19.0 Å². The summed E-state index contributed by atoms with van der Waals surface area (Å²) < 4.78 is 4.64.